The van der Waals surface area contributed by atoms with Crippen molar-refractivity contribution >= 4 is 11.9 Å². The minimum absolute atomic E-state index is 0.0181. The first-order valence-corrected chi connectivity index (χ1v) is 32.6. The number of hydrogen-bond donors (Lipinski definition) is 3. The first-order valence-electron chi connectivity index (χ1n) is 32.6. The molecule has 1 amide bonds. The molecule has 0 fully saturated rings. The number of aliphatic hydroxyl groups excluding tert-OH is 2. The highest BCUT2D eigenvalue weighted by Gasteiger charge is 2.18. The van der Waals surface area contributed by atoms with Gasteiger partial charge in [0.1, 0.15) is 0 Å². The molecule has 2 unspecified atom stereocenters. The van der Waals surface area contributed by atoms with E-state index in [-0.39, 0.29) is 18.5 Å². The molecule has 0 aliphatic heterocycles. The number of hydrogen-bond acceptors (Lipinski definition) is 5. The average molecular weight is 1010 g/mol. The van der Waals surface area contributed by atoms with E-state index in [1.807, 2.05) is 6.08 Å². The zero-order chi connectivity index (χ0) is 52.2. The van der Waals surface area contributed by atoms with E-state index in [9.17, 15) is 19.8 Å². The van der Waals surface area contributed by atoms with Crippen molar-refractivity contribution in [1.29, 1.82) is 0 Å². The predicted molar refractivity (Wildman–Crippen MR) is 315 cm³/mol. The van der Waals surface area contributed by atoms with Gasteiger partial charge in [-0.05, 0) is 57.8 Å². The van der Waals surface area contributed by atoms with Crippen LogP contribution < -0.4 is 5.32 Å². The maximum absolute atomic E-state index is 12.4. The Kier molecular flexibility index (Phi) is 60.5. The van der Waals surface area contributed by atoms with Crippen LogP contribution in [0, 0.1) is 0 Å². The highest BCUT2D eigenvalue weighted by molar-refractivity contribution is 5.76. The molecule has 0 aromatic rings. The summed E-state index contributed by atoms with van der Waals surface area (Å²) in [6, 6.07) is -0.628. The monoisotopic (exact) mass is 1010 g/mol. The fourth-order valence-electron chi connectivity index (χ4n) is 10.2. The van der Waals surface area contributed by atoms with E-state index in [0.29, 0.717) is 19.4 Å². The van der Waals surface area contributed by atoms with E-state index in [1.54, 1.807) is 6.08 Å². The summed E-state index contributed by atoms with van der Waals surface area (Å²) in [5.41, 5.74) is 0. The fraction of sp³-hybridized carbons (Fsp3) is 0.909. The zero-order valence-corrected chi connectivity index (χ0v) is 48.7. The van der Waals surface area contributed by atoms with E-state index in [1.165, 1.54) is 295 Å². The standard InChI is InChI=1S/C66H127NO5/c1-3-5-7-9-11-13-15-16-17-18-26-30-33-36-40-44-48-52-56-60-66(71)72-61-57-53-49-45-41-37-34-31-28-25-23-21-19-20-22-24-27-29-32-35-39-43-47-51-55-59-65(70)67-63(62-68)64(69)58-54-50-46-42-38-14-12-10-8-6-4-2/h20,22,54,58,63-64,68-69H,3-19,21,23-53,55-57,59-62H2,1-2H3,(H,67,70)/b22-20-,58-54+. The second kappa shape index (κ2) is 61.9. The van der Waals surface area contributed by atoms with E-state index in [4.69, 9.17) is 4.74 Å². The predicted octanol–water partition coefficient (Wildman–Crippen LogP) is 20.6. The SMILES string of the molecule is CCCCCCCCCCC/C=C/C(O)C(CO)NC(=O)CCCCCCCCCCC/C=C\CCCCCCCCCCCCCCOC(=O)CCCCCCCCCCCCCCCCCCCCC. The molecule has 72 heavy (non-hydrogen) atoms. The maximum atomic E-state index is 12.4. The van der Waals surface area contributed by atoms with Crippen LogP contribution in [-0.4, -0.2) is 47.4 Å². The van der Waals surface area contributed by atoms with Gasteiger partial charge in [-0.15, -0.1) is 0 Å². The molecular weight excluding hydrogens is 887 g/mol. The molecule has 0 spiro atoms. The summed E-state index contributed by atoms with van der Waals surface area (Å²) in [7, 11) is 0. The van der Waals surface area contributed by atoms with Crippen LogP contribution >= 0.6 is 0 Å². The highest BCUT2D eigenvalue weighted by atomic mass is 16.5. The van der Waals surface area contributed by atoms with Crippen LogP contribution in [0.2, 0.25) is 0 Å². The summed E-state index contributed by atoms with van der Waals surface area (Å²) in [5, 5.41) is 23.0. The molecule has 2 atom stereocenters. The molecule has 0 rings (SSSR count). The topological polar surface area (TPSA) is 95.9 Å². The number of nitrogens with one attached hydrogen (secondary N) is 1. The molecular formula is C66H127NO5. The number of unbranched alkanes of at least 4 members (excludes halogenated alkanes) is 48. The number of amides is 1. The lowest BCUT2D eigenvalue weighted by Crippen LogP contribution is -2.45. The molecule has 0 aromatic heterocycles. The van der Waals surface area contributed by atoms with Crippen LogP contribution in [0.15, 0.2) is 24.3 Å². The molecule has 0 heterocycles. The summed E-state index contributed by atoms with van der Waals surface area (Å²) in [6.07, 6.45) is 76.7. The van der Waals surface area contributed by atoms with Gasteiger partial charge in [0.15, 0.2) is 0 Å². The number of rotatable bonds is 61. The van der Waals surface area contributed by atoms with Crippen LogP contribution in [0.1, 0.15) is 361 Å². The molecule has 0 bridgehead atoms. The Morgan fingerprint density at radius 2 is 0.653 bits per heavy atom. The van der Waals surface area contributed by atoms with Crippen molar-refractivity contribution in [3.63, 3.8) is 0 Å². The largest absolute Gasteiger partial charge is 0.466 e. The van der Waals surface area contributed by atoms with Crippen molar-refractivity contribution in [2.45, 2.75) is 373 Å². The molecule has 426 valence electrons. The molecule has 0 aromatic carbocycles. The van der Waals surface area contributed by atoms with Gasteiger partial charge in [-0.3, -0.25) is 9.59 Å². The number of ether oxygens (including phenoxy) is 1. The van der Waals surface area contributed by atoms with Gasteiger partial charge in [-0.2, -0.15) is 0 Å². The van der Waals surface area contributed by atoms with Crippen LogP contribution in [0.3, 0.4) is 0 Å². The second-order valence-electron chi connectivity index (χ2n) is 22.5. The number of carbonyl (C=O) groups is 2. The molecule has 6 heteroatoms. The van der Waals surface area contributed by atoms with Gasteiger partial charge in [0.05, 0.1) is 25.4 Å². The lowest BCUT2D eigenvalue weighted by molar-refractivity contribution is -0.143. The van der Waals surface area contributed by atoms with Gasteiger partial charge in [0.25, 0.3) is 0 Å². The van der Waals surface area contributed by atoms with Gasteiger partial charge < -0.3 is 20.3 Å². The molecule has 6 nitrogen and oxygen atoms in total. The number of esters is 1. The summed E-state index contributed by atoms with van der Waals surface area (Å²) < 4.78 is 5.51. The fourth-order valence-corrected chi connectivity index (χ4v) is 10.2. The number of aliphatic hydroxyl groups is 2. The number of carbonyl (C=O) groups excluding carboxylic acids is 2. The Balaban J connectivity index is 3.36. The smallest absolute Gasteiger partial charge is 0.305 e. The molecule has 3 N–H and O–H groups in total. The van der Waals surface area contributed by atoms with Crippen LogP contribution in [0.25, 0.3) is 0 Å². The van der Waals surface area contributed by atoms with Crippen molar-refractivity contribution in [3.05, 3.63) is 24.3 Å². The van der Waals surface area contributed by atoms with E-state index < -0.39 is 12.1 Å². The van der Waals surface area contributed by atoms with Crippen molar-refractivity contribution in [3.8, 4) is 0 Å². The van der Waals surface area contributed by atoms with E-state index in [0.717, 1.165) is 38.5 Å². The lowest BCUT2D eigenvalue weighted by atomic mass is 10.0. The van der Waals surface area contributed by atoms with Gasteiger partial charge in [-0.25, -0.2) is 0 Å². The Hall–Kier alpha value is -1.66. The third-order valence-electron chi connectivity index (χ3n) is 15.2. The van der Waals surface area contributed by atoms with Crippen molar-refractivity contribution in [2.75, 3.05) is 13.2 Å². The number of allylic oxidation sites excluding steroid dienone is 3. The van der Waals surface area contributed by atoms with E-state index >= 15 is 0 Å². The highest BCUT2D eigenvalue weighted by Crippen LogP contribution is 2.18. The lowest BCUT2D eigenvalue weighted by Gasteiger charge is -2.20. The summed E-state index contributed by atoms with van der Waals surface area (Å²) in [5.74, 6) is -0.0531. The molecule has 0 saturated heterocycles. The third kappa shape index (κ3) is 57.6. The van der Waals surface area contributed by atoms with Crippen molar-refractivity contribution in [2.24, 2.45) is 0 Å². The van der Waals surface area contributed by atoms with Crippen LogP contribution in [-0.2, 0) is 14.3 Å². The Morgan fingerprint density at radius 3 is 0.986 bits per heavy atom. The van der Waals surface area contributed by atoms with Gasteiger partial charge in [0.2, 0.25) is 5.91 Å². The average Bonchev–Trinajstić information content (AvgIpc) is 3.38. The maximum Gasteiger partial charge on any atom is 0.305 e. The third-order valence-corrected chi connectivity index (χ3v) is 15.2. The summed E-state index contributed by atoms with van der Waals surface area (Å²) in [4.78, 5) is 24.5. The molecule has 0 radical (unpaired) electrons. The first-order chi connectivity index (χ1) is 35.5. The Morgan fingerprint density at radius 1 is 0.375 bits per heavy atom. The normalized spacial score (nSPS) is 12.7. The Bertz CT molecular complexity index is 1120. The summed E-state index contributed by atoms with van der Waals surface area (Å²) >= 11 is 0. The van der Waals surface area contributed by atoms with Gasteiger partial charge >= 0.3 is 5.97 Å². The molecule has 0 aliphatic rings. The van der Waals surface area contributed by atoms with Crippen LogP contribution in [0.4, 0.5) is 0 Å². The molecule has 0 aliphatic carbocycles. The van der Waals surface area contributed by atoms with Gasteiger partial charge in [0, 0.05) is 12.8 Å². The van der Waals surface area contributed by atoms with E-state index in [2.05, 4.69) is 31.3 Å². The van der Waals surface area contributed by atoms with Gasteiger partial charge in [-0.1, -0.05) is 314 Å². The molecule has 0 saturated carbocycles. The first kappa shape index (κ1) is 70.3. The minimum Gasteiger partial charge on any atom is -0.466 e. The zero-order valence-electron chi connectivity index (χ0n) is 48.7. The second-order valence-corrected chi connectivity index (χ2v) is 22.5. The summed E-state index contributed by atoms with van der Waals surface area (Å²) in [6.45, 7) is 4.92. The van der Waals surface area contributed by atoms with Crippen molar-refractivity contribution < 1.29 is 24.5 Å². The minimum atomic E-state index is -0.844. The quantitative estimate of drug-likeness (QED) is 0.0320. The Labute approximate surface area is 450 Å². The van der Waals surface area contributed by atoms with Crippen molar-refractivity contribution in [1.82, 2.24) is 5.32 Å². The van der Waals surface area contributed by atoms with Crippen LogP contribution in [0.5, 0.6) is 0 Å².